The van der Waals surface area contributed by atoms with E-state index in [2.05, 4.69) is 0 Å². The van der Waals surface area contributed by atoms with Crippen molar-refractivity contribution in [2.75, 3.05) is 26.3 Å². The molecule has 4 nitrogen and oxygen atoms in total. The van der Waals surface area contributed by atoms with Crippen LogP contribution in [0.4, 0.5) is 0 Å². The number of rotatable bonds is 5. The molecule has 1 aliphatic heterocycles. The van der Waals surface area contributed by atoms with Crippen LogP contribution >= 0.6 is 0 Å². The Balaban J connectivity index is 2.32. The summed E-state index contributed by atoms with van der Waals surface area (Å²) in [4.78, 5) is 13.7. The lowest BCUT2D eigenvalue weighted by molar-refractivity contribution is -0.141. The largest absolute Gasteiger partial charge is 0.377 e. The van der Waals surface area contributed by atoms with Gasteiger partial charge in [-0.25, -0.2) is 0 Å². The second-order valence-electron chi connectivity index (χ2n) is 4.42. The molecule has 1 saturated heterocycles. The van der Waals surface area contributed by atoms with Gasteiger partial charge in [0.25, 0.3) is 0 Å². The molecule has 0 spiro atoms. The van der Waals surface area contributed by atoms with E-state index in [1.165, 1.54) is 0 Å². The molecule has 1 aliphatic rings. The first kappa shape index (κ1) is 13.5. The Morgan fingerprint density at radius 3 is 2.88 bits per heavy atom. The van der Waals surface area contributed by atoms with Gasteiger partial charge in [-0.2, -0.15) is 0 Å². The molecule has 4 heteroatoms. The molecule has 1 rings (SSSR count). The number of piperidine rings is 1. The quantitative estimate of drug-likeness (QED) is 0.716. The van der Waals surface area contributed by atoms with Crippen molar-refractivity contribution >= 4 is 5.91 Å². The molecule has 1 amide bonds. The fraction of sp³-hybridized carbons (Fsp3) is 0.917. The Bertz CT molecular complexity index is 216. The van der Waals surface area contributed by atoms with Crippen LogP contribution in [0.1, 0.15) is 33.6 Å². The van der Waals surface area contributed by atoms with Gasteiger partial charge in [0.1, 0.15) is 6.61 Å². The third kappa shape index (κ3) is 4.49. The van der Waals surface area contributed by atoms with Gasteiger partial charge in [-0.15, -0.1) is 0 Å². The minimum Gasteiger partial charge on any atom is -0.377 e. The molecule has 0 N–H and O–H groups in total. The summed E-state index contributed by atoms with van der Waals surface area (Å²) < 4.78 is 10.9. The summed E-state index contributed by atoms with van der Waals surface area (Å²) in [5.41, 5.74) is 0. The van der Waals surface area contributed by atoms with Crippen LogP contribution in [0.25, 0.3) is 0 Å². The van der Waals surface area contributed by atoms with E-state index < -0.39 is 0 Å². The van der Waals surface area contributed by atoms with Crippen LogP contribution in [0.3, 0.4) is 0 Å². The molecule has 1 heterocycles. The van der Waals surface area contributed by atoms with E-state index in [0.717, 1.165) is 26.0 Å². The molecule has 0 aromatic heterocycles. The van der Waals surface area contributed by atoms with E-state index >= 15 is 0 Å². The molecule has 0 bridgehead atoms. The molecule has 1 unspecified atom stereocenters. The predicted octanol–water partition coefficient (Wildman–Crippen LogP) is 1.44. The number of carbonyl (C=O) groups excluding carboxylic acids is 1. The van der Waals surface area contributed by atoms with E-state index in [1.807, 2.05) is 25.7 Å². The third-order valence-corrected chi connectivity index (χ3v) is 2.67. The Labute approximate surface area is 97.9 Å². The first-order chi connectivity index (χ1) is 7.63. The average molecular weight is 229 g/mol. The number of hydrogen-bond acceptors (Lipinski definition) is 3. The monoisotopic (exact) mass is 229 g/mol. The molecule has 0 aliphatic carbocycles. The molecular weight excluding hydrogens is 206 g/mol. The normalized spacial score (nSPS) is 21.5. The van der Waals surface area contributed by atoms with Crippen molar-refractivity contribution in [1.29, 1.82) is 0 Å². The highest BCUT2D eigenvalue weighted by Gasteiger charge is 2.23. The van der Waals surface area contributed by atoms with E-state index in [0.29, 0.717) is 6.54 Å². The fourth-order valence-corrected chi connectivity index (χ4v) is 1.87. The third-order valence-electron chi connectivity index (χ3n) is 2.67. The maximum atomic E-state index is 11.8. The molecule has 0 aromatic rings. The summed E-state index contributed by atoms with van der Waals surface area (Å²) >= 11 is 0. The summed E-state index contributed by atoms with van der Waals surface area (Å²) in [6.45, 7) is 8.32. The lowest BCUT2D eigenvalue weighted by atomic mass is 10.1. The van der Waals surface area contributed by atoms with Crippen LogP contribution < -0.4 is 0 Å². The van der Waals surface area contributed by atoms with Crippen LogP contribution in [0.15, 0.2) is 0 Å². The molecule has 16 heavy (non-hydrogen) atoms. The van der Waals surface area contributed by atoms with Crippen LogP contribution in [-0.4, -0.2) is 49.3 Å². The van der Waals surface area contributed by atoms with Crippen LogP contribution in [0.2, 0.25) is 0 Å². The topological polar surface area (TPSA) is 38.8 Å². The lowest BCUT2D eigenvalue weighted by Gasteiger charge is -2.32. The van der Waals surface area contributed by atoms with Gasteiger partial charge >= 0.3 is 0 Å². The Morgan fingerprint density at radius 2 is 2.25 bits per heavy atom. The second kappa shape index (κ2) is 6.86. The summed E-state index contributed by atoms with van der Waals surface area (Å²) in [5.74, 6) is 0.0816. The number of amides is 1. The smallest absolute Gasteiger partial charge is 0.248 e. The van der Waals surface area contributed by atoms with Crippen molar-refractivity contribution in [3.8, 4) is 0 Å². The summed E-state index contributed by atoms with van der Waals surface area (Å²) in [6, 6.07) is 0. The van der Waals surface area contributed by atoms with Crippen LogP contribution in [0.5, 0.6) is 0 Å². The van der Waals surface area contributed by atoms with Gasteiger partial charge in [0.15, 0.2) is 0 Å². The first-order valence-corrected chi connectivity index (χ1v) is 6.14. The van der Waals surface area contributed by atoms with Crippen molar-refractivity contribution in [2.24, 2.45) is 0 Å². The van der Waals surface area contributed by atoms with Gasteiger partial charge in [0, 0.05) is 19.7 Å². The summed E-state index contributed by atoms with van der Waals surface area (Å²) in [7, 11) is 0. The molecule has 0 radical (unpaired) electrons. The van der Waals surface area contributed by atoms with Crippen molar-refractivity contribution in [1.82, 2.24) is 4.90 Å². The predicted molar refractivity (Wildman–Crippen MR) is 62.3 cm³/mol. The standard InChI is InChI=1S/C12H23NO3/c1-4-15-11-6-5-7-13(8-11)12(14)9-16-10(2)3/h10-11H,4-9H2,1-3H3. The van der Waals surface area contributed by atoms with Gasteiger partial charge in [-0.05, 0) is 33.6 Å². The molecule has 0 saturated carbocycles. The minimum atomic E-state index is 0.0816. The average Bonchev–Trinajstić information content (AvgIpc) is 2.26. The van der Waals surface area contributed by atoms with E-state index in [-0.39, 0.29) is 24.7 Å². The molecule has 1 fully saturated rings. The highest BCUT2D eigenvalue weighted by atomic mass is 16.5. The van der Waals surface area contributed by atoms with Crippen LogP contribution in [-0.2, 0) is 14.3 Å². The van der Waals surface area contributed by atoms with Crippen molar-refractivity contribution in [3.05, 3.63) is 0 Å². The first-order valence-electron chi connectivity index (χ1n) is 6.14. The molecular formula is C12H23NO3. The van der Waals surface area contributed by atoms with Crippen molar-refractivity contribution < 1.29 is 14.3 Å². The summed E-state index contributed by atoms with van der Waals surface area (Å²) in [5, 5.41) is 0. The minimum absolute atomic E-state index is 0.0816. The Kier molecular flexibility index (Phi) is 5.77. The fourth-order valence-electron chi connectivity index (χ4n) is 1.87. The zero-order valence-electron chi connectivity index (χ0n) is 10.6. The van der Waals surface area contributed by atoms with E-state index in [9.17, 15) is 4.79 Å². The number of ether oxygens (including phenoxy) is 2. The van der Waals surface area contributed by atoms with Gasteiger partial charge in [0.05, 0.1) is 12.2 Å². The maximum Gasteiger partial charge on any atom is 0.248 e. The van der Waals surface area contributed by atoms with Gasteiger partial charge in [-0.3, -0.25) is 4.79 Å². The van der Waals surface area contributed by atoms with E-state index in [4.69, 9.17) is 9.47 Å². The van der Waals surface area contributed by atoms with Crippen molar-refractivity contribution in [2.45, 2.75) is 45.8 Å². The second-order valence-corrected chi connectivity index (χ2v) is 4.42. The van der Waals surface area contributed by atoms with Crippen LogP contribution in [0, 0.1) is 0 Å². The van der Waals surface area contributed by atoms with Gasteiger partial charge in [-0.1, -0.05) is 0 Å². The number of carbonyl (C=O) groups is 1. The maximum absolute atomic E-state index is 11.8. The zero-order chi connectivity index (χ0) is 12.0. The molecule has 0 aromatic carbocycles. The van der Waals surface area contributed by atoms with E-state index in [1.54, 1.807) is 0 Å². The Morgan fingerprint density at radius 1 is 1.50 bits per heavy atom. The number of likely N-dealkylation sites (tertiary alicyclic amines) is 1. The SMILES string of the molecule is CCOC1CCCN(C(=O)COC(C)C)C1. The number of hydrogen-bond donors (Lipinski definition) is 0. The number of nitrogens with zero attached hydrogens (tertiary/aromatic N) is 1. The highest BCUT2D eigenvalue weighted by molar-refractivity contribution is 5.77. The molecule has 94 valence electrons. The highest BCUT2D eigenvalue weighted by Crippen LogP contribution is 2.13. The van der Waals surface area contributed by atoms with Gasteiger partial charge < -0.3 is 14.4 Å². The Hall–Kier alpha value is -0.610. The van der Waals surface area contributed by atoms with Crippen molar-refractivity contribution in [3.63, 3.8) is 0 Å². The zero-order valence-corrected chi connectivity index (χ0v) is 10.6. The molecule has 1 atom stereocenters. The lowest BCUT2D eigenvalue weighted by Crippen LogP contribution is -2.44. The summed E-state index contributed by atoms with van der Waals surface area (Å²) in [6.07, 6.45) is 2.40. The van der Waals surface area contributed by atoms with Gasteiger partial charge in [0.2, 0.25) is 5.91 Å².